The average molecular weight is 404 g/mol. The van der Waals surface area contributed by atoms with Crippen LogP contribution in [0, 0.1) is 5.82 Å². The minimum atomic E-state index is -4.85. The quantitative estimate of drug-likeness (QED) is 0.191. The molecule has 1 aromatic rings. The lowest BCUT2D eigenvalue weighted by molar-refractivity contribution is -0.140. The zero-order chi connectivity index (χ0) is 21.0. The van der Waals surface area contributed by atoms with Crippen molar-refractivity contribution in [1.82, 2.24) is 0 Å². The first-order valence-corrected chi connectivity index (χ1v) is 10.4. The van der Waals surface area contributed by atoms with Crippen LogP contribution in [0.1, 0.15) is 100 Å². The first kappa shape index (κ1) is 24.4. The van der Waals surface area contributed by atoms with Crippen molar-refractivity contribution >= 4 is 5.97 Å². The number of alkyl halides is 3. The zero-order valence-corrected chi connectivity index (χ0v) is 16.9. The van der Waals surface area contributed by atoms with Crippen LogP contribution in [0.3, 0.4) is 0 Å². The number of hydrogen-bond acceptors (Lipinski definition) is 2. The maximum Gasteiger partial charge on any atom is 0.419 e. The second kappa shape index (κ2) is 12.8. The van der Waals surface area contributed by atoms with E-state index in [9.17, 15) is 22.4 Å². The van der Waals surface area contributed by atoms with Gasteiger partial charge in [-0.2, -0.15) is 13.2 Å². The highest BCUT2D eigenvalue weighted by Gasteiger charge is 2.36. The fourth-order valence-corrected chi connectivity index (χ4v) is 3.15. The molecule has 1 aromatic carbocycles. The van der Waals surface area contributed by atoms with Crippen molar-refractivity contribution in [3.8, 4) is 0 Å². The van der Waals surface area contributed by atoms with Crippen LogP contribution in [-0.2, 0) is 10.9 Å². The van der Waals surface area contributed by atoms with Gasteiger partial charge >= 0.3 is 12.1 Å². The normalized spacial score (nSPS) is 12.8. The molecule has 0 saturated carbocycles. The fourth-order valence-electron chi connectivity index (χ4n) is 3.15. The molecule has 0 aliphatic heterocycles. The number of esters is 1. The Morgan fingerprint density at radius 3 is 2.11 bits per heavy atom. The smallest absolute Gasteiger partial charge is 0.419 e. The summed E-state index contributed by atoms with van der Waals surface area (Å²) < 4.78 is 58.1. The molecular formula is C22H32F4O2. The van der Waals surface area contributed by atoms with Crippen LogP contribution in [0.5, 0.6) is 0 Å². The summed E-state index contributed by atoms with van der Waals surface area (Å²) in [5, 5.41) is 0. The third kappa shape index (κ3) is 8.61. The first-order valence-electron chi connectivity index (χ1n) is 10.4. The summed E-state index contributed by atoms with van der Waals surface area (Å²) in [6, 6.07) is 2.69. The molecule has 0 aliphatic rings. The Hall–Kier alpha value is -1.59. The highest BCUT2D eigenvalue weighted by atomic mass is 19.4. The van der Waals surface area contributed by atoms with Gasteiger partial charge < -0.3 is 4.74 Å². The zero-order valence-electron chi connectivity index (χ0n) is 16.9. The lowest BCUT2D eigenvalue weighted by Gasteiger charge is -2.18. The van der Waals surface area contributed by atoms with Gasteiger partial charge in [0.1, 0.15) is 11.9 Å². The van der Waals surface area contributed by atoms with Gasteiger partial charge in [0, 0.05) is 0 Å². The van der Waals surface area contributed by atoms with Crippen LogP contribution in [0.15, 0.2) is 18.2 Å². The molecule has 28 heavy (non-hydrogen) atoms. The molecule has 1 unspecified atom stereocenters. The molecule has 1 atom stereocenters. The molecule has 0 aliphatic carbocycles. The van der Waals surface area contributed by atoms with Crippen LogP contribution in [-0.4, -0.2) is 12.1 Å². The summed E-state index contributed by atoms with van der Waals surface area (Å²) in [5.41, 5.74) is -2.10. The second-order valence-corrected chi connectivity index (χ2v) is 7.24. The van der Waals surface area contributed by atoms with Crippen molar-refractivity contribution in [3.05, 3.63) is 35.1 Å². The lowest BCUT2D eigenvalue weighted by atomic mass is 10.0. The third-order valence-corrected chi connectivity index (χ3v) is 4.81. The molecule has 1 rings (SSSR count). The Kier molecular flexibility index (Phi) is 11.2. The van der Waals surface area contributed by atoms with Crippen LogP contribution in [0.2, 0.25) is 0 Å². The summed E-state index contributed by atoms with van der Waals surface area (Å²) in [7, 11) is 0. The molecule has 0 amide bonds. The van der Waals surface area contributed by atoms with E-state index >= 15 is 0 Å². The molecule has 6 heteroatoms. The molecule has 0 aromatic heterocycles. The molecule has 0 saturated heterocycles. The van der Waals surface area contributed by atoms with Crippen LogP contribution >= 0.6 is 0 Å². The van der Waals surface area contributed by atoms with Gasteiger partial charge in [0.2, 0.25) is 0 Å². The van der Waals surface area contributed by atoms with E-state index in [0.29, 0.717) is 18.9 Å². The number of rotatable bonds is 13. The molecule has 0 bridgehead atoms. The number of ether oxygens (including phenoxy) is 1. The Bertz CT molecular complexity index is 584. The van der Waals surface area contributed by atoms with Gasteiger partial charge in [0.15, 0.2) is 0 Å². The molecule has 0 heterocycles. The predicted molar refractivity (Wildman–Crippen MR) is 103 cm³/mol. The maximum absolute atomic E-state index is 14.2. The molecule has 0 N–H and O–H groups in total. The topological polar surface area (TPSA) is 26.3 Å². The summed E-state index contributed by atoms with van der Waals surface area (Å²) in [4.78, 5) is 12.3. The van der Waals surface area contributed by atoms with Gasteiger partial charge in [-0.15, -0.1) is 0 Å². The van der Waals surface area contributed by atoms with Crippen LogP contribution < -0.4 is 0 Å². The maximum atomic E-state index is 14.2. The van der Waals surface area contributed by atoms with E-state index in [1.807, 2.05) is 6.92 Å². The minimum absolute atomic E-state index is 0.392. The Morgan fingerprint density at radius 1 is 0.929 bits per heavy atom. The van der Waals surface area contributed by atoms with Crippen molar-refractivity contribution in [1.29, 1.82) is 0 Å². The molecule has 0 spiro atoms. The number of hydrogen-bond donors (Lipinski definition) is 0. The number of halogens is 4. The minimum Gasteiger partial charge on any atom is -0.459 e. The van der Waals surface area contributed by atoms with Gasteiger partial charge in [0.25, 0.3) is 0 Å². The van der Waals surface area contributed by atoms with E-state index < -0.39 is 35.2 Å². The average Bonchev–Trinajstić information content (AvgIpc) is 2.64. The first-order chi connectivity index (χ1) is 13.3. The molecule has 0 radical (unpaired) electrons. The summed E-state index contributed by atoms with van der Waals surface area (Å²) in [6.45, 7) is 4.18. The van der Waals surface area contributed by atoms with Gasteiger partial charge in [-0.05, 0) is 31.4 Å². The van der Waals surface area contributed by atoms with E-state index in [1.54, 1.807) is 0 Å². The van der Waals surface area contributed by atoms with E-state index in [1.165, 1.54) is 25.7 Å². The van der Waals surface area contributed by atoms with Crippen LogP contribution in [0.4, 0.5) is 17.6 Å². The molecule has 2 nitrogen and oxygen atoms in total. The monoisotopic (exact) mass is 404 g/mol. The highest BCUT2D eigenvalue weighted by molar-refractivity contribution is 5.90. The number of carbonyl (C=O) groups excluding carboxylic acids is 1. The summed E-state index contributed by atoms with van der Waals surface area (Å²) in [5.74, 6) is -2.59. The Morgan fingerprint density at radius 2 is 1.50 bits per heavy atom. The molecular weight excluding hydrogens is 372 g/mol. The van der Waals surface area contributed by atoms with E-state index in [0.717, 1.165) is 44.2 Å². The van der Waals surface area contributed by atoms with Crippen molar-refractivity contribution in [2.24, 2.45) is 0 Å². The van der Waals surface area contributed by atoms with Gasteiger partial charge in [-0.25, -0.2) is 9.18 Å². The Balaban J connectivity index is 2.64. The lowest BCUT2D eigenvalue weighted by Crippen LogP contribution is -2.20. The van der Waals surface area contributed by atoms with Gasteiger partial charge in [0.05, 0.1) is 11.1 Å². The summed E-state index contributed by atoms with van der Waals surface area (Å²) >= 11 is 0. The molecule has 0 fully saturated rings. The summed E-state index contributed by atoms with van der Waals surface area (Å²) in [6.07, 6.45) is 5.69. The van der Waals surface area contributed by atoms with Crippen molar-refractivity contribution < 1.29 is 27.1 Å². The number of benzene rings is 1. The second-order valence-electron chi connectivity index (χ2n) is 7.24. The number of unbranched alkanes of at least 4 members (excludes halogenated alkanes) is 7. The van der Waals surface area contributed by atoms with Crippen LogP contribution in [0.25, 0.3) is 0 Å². The van der Waals surface area contributed by atoms with E-state index in [4.69, 9.17) is 4.74 Å². The third-order valence-electron chi connectivity index (χ3n) is 4.81. The highest BCUT2D eigenvalue weighted by Crippen LogP contribution is 2.32. The predicted octanol–water partition coefficient (Wildman–Crippen LogP) is 7.70. The van der Waals surface area contributed by atoms with Crippen molar-refractivity contribution in [3.63, 3.8) is 0 Å². The standard InChI is InChI=1S/C22H32F4O2/c1-3-5-7-8-9-10-11-14-17(13-6-4-2)28-21(27)18-15-12-16-19(20(18)23)22(24,25)26/h12,15-17H,3-11,13-14H2,1-2H3. The number of carbonyl (C=O) groups is 1. The van der Waals surface area contributed by atoms with Gasteiger partial charge in [-0.3, -0.25) is 0 Å². The van der Waals surface area contributed by atoms with E-state index in [2.05, 4.69) is 6.92 Å². The largest absolute Gasteiger partial charge is 0.459 e. The molecule has 160 valence electrons. The van der Waals surface area contributed by atoms with E-state index in [-0.39, 0.29) is 0 Å². The Labute approximate surface area is 165 Å². The van der Waals surface area contributed by atoms with Crippen molar-refractivity contribution in [2.75, 3.05) is 0 Å². The SMILES string of the molecule is CCCCCCCCCC(CCCC)OC(=O)c1cccc(C(F)(F)F)c1F. The fraction of sp³-hybridized carbons (Fsp3) is 0.682. The van der Waals surface area contributed by atoms with Gasteiger partial charge in [-0.1, -0.05) is 71.3 Å². The van der Waals surface area contributed by atoms with Crippen molar-refractivity contribution in [2.45, 2.75) is 96.8 Å².